The van der Waals surface area contributed by atoms with Gasteiger partial charge < -0.3 is 10.6 Å². The standard InChI is InChI=1S/C16H19F3N4S/c1-4-23-9-12(11(3)22-23)10(2)20-15(24)21-14-8-6-5-7-13(14)16(17,18)19/h5-10H,4H2,1-3H3,(H2,20,21,24)/t10-/m0/s1. The maximum Gasteiger partial charge on any atom is 0.418 e. The largest absolute Gasteiger partial charge is 0.418 e. The van der Waals surface area contributed by atoms with Crippen molar-refractivity contribution < 1.29 is 13.2 Å². The maximum absolute atomic E-state index is 13.0. The highest BCUT2D eigenvalue weighted by molar-refractivity contribution is 7.80. The smallest absolute Gasteiger partial charge is 0.356 e. The Labute approximate surface area is 144 Å². The van der Waals surface area contributed by atoms with Crippen LogP contribution in [0.2, 0.25) is 0 Å². The first kappa shape index (κ1) is 18.3. The van der Waals surface area contributed by atoms with Crippen molar-refractivity contribution in [3.63, 3.8) is 0 Å². The Morgan fingerprint density at radius 3 is 2.58 bits per heavy atom. The van der Waals surface area contributed by atoms with Crippen molar-refractivity contribution in [1.82, 2.24) is 15.1 Å². The number of thiocarbonyl (C=S) groups is 1. The zero-order valence-electron chi connectivity index (χ0n) is 13.6. The summed E-state index contributed by atoms with van der Waals surface area (Å²) in [5.41, 5.74) is 0.980. The van der Waals surface area contributed by atoms with E-state index in [0.29, 0.717) is 0 Å². The maximum atomic E-state index is 13.0. The number of benzene rings is 1. The molecule has 0 radical (unpaired) electrons. The number of nitrogens with zero attached hydrogens (tertiary/aromatic N) is 2. The van der Waals surface area contributed by atoms with Crippen LogP contribution in [0.1, 0.15) is 36.7 Å². The monoisotopic (exact) mass is 356 g/mol. The molecule has 2 rings (SSSR count). The predicted octanol–water partition coefficient (Wildman–Crippen LogP) is 4.28. The zero-order valence-corrected chi connectivity index (χ0v) is 14.4. The fourth-order valence-corrected chi connectivity index (χ4v) is 2.68. The van der Waals surface area contributed by atoms with Crippen molar-refractivity contribution in [2.24, 2.45) is 0 Å². The molecule has 0 bridgehead atoms. The summed E-state index contributed by atoms with van der Waals surface area (Å²) in [5, 5.41) is 10.1. The lowest BCUT2D eigenvalue weighted by Gasteiger charge is -2.19. The van der Waals surface area contributed by atoms with Gasteiger partial charge in [-0.1, -0.05) is 12.1 Å². The molecule has 0 amide bonds. The third-order valence-electron chi connectivity index (χ3n) is 3.60. The average molecular weight is 356 g/mol. The molecule has 0 fully saturated rings. The van der Waals surface area contributed by atoms with Gasteiger partial charge in [0.05, 0.1) is 23.0 Å². The summed E-state index contributed by atoms with van der Waals surface area (Å²) in [4.78, 5) is 0. The first-order valence-electron chi connectivity index (χ1n) is 7.50. The normalized spacial score (nSPS) is 12.8. The minimum absolute atomic E-state index is 0.0734. The Morgan fingerprint density at radius 2 is 2.00 bits per heavy atom. The van der Waals surface area contributed by atoms with Crippen LogP contribution in [0.15, 0.2) is 30.5 Å². The molecule has 1 aromatic carbocycles. The molecular weight excluding hydrogens is 337 g/mol. The van der Waals surface area contributed by atoms with Crippen LogP contribution in [0, 0.1) is 6.92 Å². The second-order valence-corrected chi connectivity index (χ2v) is 5.80. The molecule has 2 N–H and O–H groups in total. The van der Waals surface area contributed by atoms with Crippen LogP contribution >= 0.6 is 12.2 Å². The zero-order chi connectivity index (χ0) is 17.9. The number of halogens is 3. The summed E-state index contributed by atoms with van der Waals surface area (Å²) in [6.45, 7) is 6.49. The number of aromatic nitrogens is 2. The molecule has 2 aromatic rings. The van der Waals surface area contributed by atoms with E-state index in [4.69, 9.17) is 12.2 Å². The Balaban J connectivity index is 2.10. The Bertz CT molecular complexity index is 724. The Morgan fingerprint density at radius 1 is 1.33 bits per heavy atom. The Hall–Kier alpha value is -2.09. The van der Waals surface area contributed by atoms with Crippen molar-refractivity contribution in [2.75, 3.05) is 5.32 Å². The summed E-state index contributed by atoms with van der Waals surface area (Å²) >= 11 is 5.16. The number of nitrogens with one attached hydrogen (secondary N) is 2. The second-order valence-electron chi connectivity index (χ2n) is 5.39. The fourth-order valence-electron chi connectivity index (χ4n) is 2.39. The quantitative estimate of drug-likeness (QED) is 0.803. The van der Waals surface area contributed by atoms with Crippen LogP contribution in [0.25, 0.3) is 0 Å². The molecule has 0 saturated carbocycles. The number of anilines is 1. The number of hydrogen-bond donors (Lipinski definition) is 2. The van der Waals surface area contributed by atoms with E-state index in [0.717, 1.165) is 23.9 Å². The number of alkyl halides is 3. The van der Waals surface area contributed by atoms with Crippen LogP contribution in [0.3, 0.4) is 0 Å². The summed E-state index contributed by atoms with van der Waals surface area (Å²) in [7, 11) is 0. The molecule has 0 aliphatic carbocycles. The molecule has 4 nitrogen and oxygen atoms in total. The van der Waals surface area contributed by atoms with Crippen LogP contribution in [-0.4, -0.2) is 14.9 Å². The predicted molar refractivity (Wildman–Crippen MR) is 91.9 cm³/mol. The lowest BCUT2D eigenvalue weighted by molar-refractivity contribution is -0.136. The number of rotatable bonds is 4. The summed E-state index contributed by atoms with van der Waals surface area (Å²) in [5.74, 6) is 0. The van der Waals surface area contributed by atoms with E-state index in [-0.39, 0.29) is 16.8 Å². The molecule has 0 saturated heterocycles. The van der Waals surface area contributed by atoms with Gasteiger partial charge in [-0.05, 0) is 45.1 Å². The Kier molecular flexibility index (Phi) is 5.48. The summed E-state index contributed by atoms with van der Waals surface area (Å²) < 4.78 is 40.8. The minimum atomic E-state index is -4.44. The third-order valence-corrected chi connectivity index (χ3v) is 3.82. The second kappa shape index (κ2) is 7.21. The van der Waals surface area contributed by atoms with Crippen molar-refractivity contribution in [3.05, 3.63) is 47.3 Å². The van der Waals surface area contributed by atoms with Crippen LogP contribution in [0.4, 0.5) is 18.9 Å². The number of hydrogen-bond acceptors (Lipinski definition) is 2. The average Bonchev–Trinajstić information content (AvgIpc) is 2.88. The van der Waals surface area contributed by atoms with Crippen LogP contribution in [0.5, 0.6) is 0 Å². The summed E-state index contributed by atoms with van der Waals surface area (Å²) in [6.07, 6.45) is -2.54. The molecule has 1 aromatic heterocycles. The fraction of sp³-hybridized carbons (Fsp3) is 0.375. The minimum Gasteiger partial charge on any atom is -0.356 e. The van der Waals surface area contributed by atoms with Gasteiger partial charge in [-0.25, -0.2) is 0 Å². The first-order chi connectivity index (χ1) is 11.2. The van der Waals surface area contributed by atoms with Gasteiger partial charge in [0.1, 0.15) is 0 Å². The molecule has 0 aliphatic rings. The SMILES string of the molecule is CCn1cc([C@H](C)NC(=S)Nc2ccccc2C(F)(F)F)c(C)n1. The molecule has 0 aliphatic heterocycles. The molecule has 0 unspecified atom stereocenters. The van der Waals surface area contributed by atoms with E-state index >= 15 is 0 Å². The van der Waals surface area contributed by atoms with E-state index in [1.165, 1.54) is 18.2 Å². The van der Waals surface area contributed by atoms with Crippen LogP contribution < -0.4 is 10.6 Å². The van der Waals surface area contributed by atoms with E-state index in [1.807, 2.05) is 27.0 Å². The molecule has 24 heavy (non-hydrogen) atoms. The highest BCUT2D eigenvalue weighted by atomic mass is 32.1. The van der Waals surface area contributed by atoms with E-state index in [1.54, 1.807) is 4.68 Å². The summed E-state index contributed by atoms with van der Waals surface area (Å²) in [6, 6.07) is 5.06. The van der Waals surface area contributed by atoms with E-state index in [9.17, 15) is 13.2 Å². The molecule has 130 valence electrons. The topological polar surface area (TPSA) is 41.9 Å². The highest BCUT2D eigenvalue weighted by Crippen LogP contribution is 2.34. The van der Waals surface area contributed by atoms with E-state index in [2.05, 4.69) is 15.7 Å². The van der Waals surface area contributed by atoms with Crippen molar-refractivity contribution in [3.8, 4) is 0 Å². The van der Waals surface area contributed by atoms with Gasteiger partial charge >= 0.3 is 6.18 Å². The lowest BCUT2D eigenvalue weighted by Crippen LogP contribution is -2.31. The van der Waals surface area contributed by atoms with E-state index < -0.39 is 11.7 Å². The molecule has 1 heterocycles. The number of aryl methyl sites for hydroxylation is 2. The van der Waals surface area contributed by atoms with Crippen LogP contribution in [-0.2, 0) is 12.7 Å². The highest BCUT2D eigenvalue weighted by Gasteiger charge is 2.33. The van der Waals surface area contributed by atoms with Gasteiger partial charge in [0.15, 0.2) is 5.11 Å². The molecular formula is C16H19F3N4S. The van der Waals surface area contributed by atoms with Crippen molar-refractivity contribution in [2.45, 2.75) is 39.5 Å². The van der Waals surface area contributed by atoms with Crippen molar-refractivity contribution in [1.29, 1.82) is 0 Å². The molecule has 1 atom stereocenters. The van der Waals surface area contributed by atoms with Crippen molar-refractivity contribution >= 4 is 23.0 Å². The number of para-hydroxylation sites is 1. The lowest BCUT2D eigenvalue weighted by atomic mass is 10.1. The van der Waals surface area contributed by atoms with Gasteiger partial charge in [0.25, 0.3) is 0 Å². The third kappa shape index (κ3) is 4.25. The van der Waals surface area contributed by atoms with Gasteiger partial charge in [-0.15, -0.1) is 0 Å². The first-order valence-corrected chi connectivity index (χ1v) is 7.91. The van der Waals surface area contributed by atoms with Gasteiger partial charge in [0, 0.05) is 18.3 Å². The molecule has 0 spiro atoms. The van der Waals surface area contributed by atoms with Gasteiger partial charge in [0.2, 0.25) is 0 Å². The molecule has 8 heteroatoms. The van der Waals surface area contributed by atoms with Gasteiger partial charge in [-0.3, -0.25) is 4.68 Å². The van der Waals surface area contributed by atoms with Gasteiger partial charge in [-0.2, -0.15) is 18.3 Å².